The van der Waals surface area contributed by atoms with Crippen LogP contribution in [0.3, 0.4) is 0 Å². The van der Waals surface area contributed by atoms with Crippen molar-refractivity contribution in [2.24, 2.45) is 0 Å². The Kier molecular flexibility index (Phi) is 10.5. The number of methoxy groups -OCH3 is 1. The molecule has 0 aliphatic rings. The van der Waals surface area contributed by atoms with E-state index in [1.165, 1.54) is 23.5 Å². The smallest absolute Gasteiger partial charge is 0.230 e. The Bertz CT molecular complexity index is 1080. The zero-order chi connectivity index (χ0) is 25.0. The van der Waals surface area contributed by atoms with Gasteiger partial charge in [0.1, 0.15) is 18.2 Å². The maximum absolute atomic E-state index is 13.8. The van der Waals surface area contributed by atoms with Crippen molar-refractivity contribution in [3.05, 3.63) is 64.9 Å². The Morgan fingerprint density at radius 2 is 2.03 bits per heavy atom. The second-order valence-electron chi connectivity index (χ2n) is 8.00. The third-order valence-corrected chi connectivity index (χ3v) is 6.02. The normalized spacial score (nSPS) is 11.8. The molecular weight excluding hydrogens is 469 g/mol. The Hall–Kier alpha value is -3.01. The molecule has 2 aromatic carbocycles. The van der Waals surface area contributed by atoms with Crippen LogP contribution < -0.4 is 20.1 Å². The maximum atomic E-state index is 13.8. The van der Waals surface area contributed by atoms with Gasteiger partial charge in [0.05, 0.1) is 12.5 Å². The number of hydrogen-bond acceptors (Lipinski definition) is 7. The molecule has 0 radical (unpaired) electrons. The number of nitrogens with zero attached hydrogens (tertiary/aromatic N) is 1. The molecule has 0 saturated heterocycles. The van der Waals surface area contributed by atoms with E-state index in [0.29, 0.717) is 35.4 Å². The maximum Gasteiger partial charge on any atom is 0.230 e. The monoisotopic (exact) mass is 501 g/mol. The molecule has 0 aliphatic carbocycles. The molecule has 0 aliphatic heterocycles. The lowest BCUT2D eigenvalue weighted by molar-refractivity contribution is -0.115. The molecule has 9 heteroatoms. The third-order valence-electron chi connectivity index (χ3n) is 5.33. The number of thiazole rings is 1. The number of benzene rings is 2. The highest BCUT2D eigenvalue weighted by molar-refractivity contribution is 7.13. The minimum atomic E-state index is -0.402. The van der Waals surface area contributed by atoms with Gasteiger partial charge in [-0.3, -0.25) is 4.79 Å². The van der Waals surface area contributed by atoms with Gasteiger partial charge in [0.2, 0.25) is 5.91 Å². The van der Waals surface area contributed by atoms with Gasteiger partial charge < -0.3 is 24.8 Å². The van der Waals surface area contributed by atoms with Crippen molar-refractivity contribution in [1.29, 1.82) is 0 Å². The highest BCUT2D eigenvalue weighted by atomic mass is 32.1. The summed E-state index contributed by atoms with van der Waals surface area (Å²) in [6.07, 6.45) is 4.23. The molecule has 1 amide bonds. The molecule has 7 nitrogen and oxygen atoms in total. The summed E-state index contributed by atoms with van der Waals surface area (Å²) in [5.41, 5.74) is 1.75. The number of anilines is 1. The molecule has 0 bridgehead atoms. The van der Waals surface area contributed by atoms with Crippen LogP contribution in [0.15, 0.2) is 48.0 Å². The summed E-state index contributed by atoms with van der Waals surface area (Å²) in [4.78, 5) is 16.8. The average Bonchev–Trinajstić information content (AvgIpc) is 3.34. The van der Waals surface area contributed by atoms with Crippen LogP contribution >= 0.6 is 11.3 Å². The first-order valence-electron chi connectivity index (χ1n) is 11.6. The molecule has 3 aromatic rings. The number of aromatic nitrogens is 1. The summed E-state index contributed by atoms with van der Waals surface area (Å²) < 4.78 is 31.5. The largest absolute Gasteiger partial charge is 0.487 e. The Balaban J connectivity index is 1.93. The van der Waals surface area contributed by atoms with E-state index in [4.69, 9.17) is 14.2 Å². The van der Waals surface area contributed by atoms with Crippen LogP contribution in [-0.2, 0) is 22.4 Å². The number of amides is 1. The van der Waals surface area contributed by atoms with E-state index in [2.05, 4.69) is 22.5 Å². The fraction of sp³-hybridized carbons (Fsp3) is 0.385. The molecule has 188 valence electrons. The summed E-state index contributed by atoms with van der Waals surface area (Å²) in [5.74, 6) is 0.683. The zero-order valence-corrected chi connectivity index (χ0v) is 21.1. The Labute approximate surface area is 209 Å². The zero-order valence-electron chi connectivity index (χ0n) is 20.3. The van der Waals surface area contributed by atoms with E-state index < -0.39 is 5.82 Å². The fourth-order valence-corrected chi connectivity index (χ4v) is 4.09. The van der Waals surface area contributed by atoms with Crippen LogP contribution in [0.2, 0.25) is 0 Å². The Morgan fingerprint density at radius 1 is 1.20 bits per heavy atom. The number of carbonyl (C=O) groups excluding carboxylic acids is 1. The minimum Gasteiger partial charge on any atom is -0.487 e. The lowest BCUT2D eigenvalue weighted by atomic mass is 10.00. The summed E-state index contributed by atoms with van der Waals surface area (Å²) in [6.45, 7) is 3.16. The van der Waals surface area contributed by atoms with E-state index in [-0.39, 0.29) is 18.4 Å². The molecule has 35 heavy (non-hydrogen) atoms. The van der Waals surface area contributed by atoms with E-state index in [0.717, 1.165) is 30.5 Å². The fourth-order valence-electron chi connectivity index (χ4n) is 3.55. The van der Waals surface area contributed by atoms with Gasteiger partial charge in [0.15, 0.2) is 16.6 Å². The van der Waals surface area contributed by atoms with Gasteiger partial charge in [-0.05, 0) is 61.8 Å². The molecule has 0 fully saturated rings. The molecule has 1 aromatic heterocycles. The van der Waals surface area contributed by atoms with Crippen molar-refractivity contribution >= 4 is 22.4 Å². The lowest BCUT2D eigenvalue weighted by Crippen LogP contribution is -2.21. The topological polar surface area (TPSA) is 81.7 Å². The van der Waals surface area contributed by atoms with Gasteiger partial charge in [0.25, 0.3) is 0 Å². The van der Waals surface area contributed by atoms with Crippen molar-refractivity contribution in [2.75, 3.05) is 32.6 Å². The van der Waals surface area contributed by atoms with Crippen molar-refractivity contribution < 1.29 is 23.4 Å². The first kappa shape index (κ1) is 26.6. The van der Waals surface area contributed by atoms with Crippen LogP contribution in [0.5, 0.6) is 17.2 Å². The predicted octanol–water partition coefficient (Wildman–Crippen LogP) is 5.21. The molecule has 1 atom stereocenters. The second-order valence-corrected chi connectivity index (χ2v) is 8.89. The third kappa shape index (κ3) is 8.31. The number of nitrogens with one attached hydrogen (secondary N) is 2. The number of hydrogen-bond donors (Lipinski definition) is 2. The minimum absolute atomic E-state index is 0.0634. The number of ether oxygens (including phenoxy) is 3. The second kappa shape index (κ2) is 13.8. The SMILES string of the molecule is CCCC(COc1cc(CCNC)c(CC(=O)Nc2nccs2)cc1Oc1cccc(F)c1)OC. The van der Waals surface area contributed by atoms with Crippen LogP contribution in [0.1, 0.15) is 30.9 Å². The molecule has 0 saturated carbocycles. The molecule has 1 unspecified atom stereocenters. The number of carbonyl (C=O) groups is 1. The van der Waals surface area contributed by atoms with Gasteiger partial charge in [0, 0.05) is 24.8 Å². The molecule has 3 rings (SSSR count). The first-order chi connectivity index (χ1) is 17.0. The highest BCUT2D eigenvalue weighted by Crippen LogP contribution is 2.36. The highest BCUT2D eigenvalue weighted by Gasteiger charge is 2.18. The van der Waals surface area contributed by atoms with E-state index in [1.807, 2.05) is 13.1 Å². The lowest BCUT2D eigenvalue weighted by Gasteiger charge is -2.20. The average molecular weight is 502 g/mol. The number of rotatable bonds is 14. The van der Waals surface area contributed by atoms with Crippen molar-refractivity contribution in [3.63, 3.8) is 0 Å². The van der Waals surface area contributed by atoms with Gasteiger partial charge in [-0.25, -0.2) is 9.37 Å². The van der Waals surface area contributed by atoms with Crippen molar-refractivity contribution in [2.45, 2.75) is 38.7 Å². The standard InChI is InChI=1S/C26H32FN3O4S/c1-4-6-22(32-3)17-33-23-13-18(9-10-28-2)19(15-25(31)30-26-29-11-12-35-26)14-24(23)34-21-8-5-7-20(27)16-21/h5,7-8,11-14,16,22,28H,4,6,9-10,15,17H2,1-3H3,(H,29,30,31). The van der Waals surface area contributed by atoms with E-state index >= 15 is 0 Å². The van der Waals surface area contributed by atoms with Gasteiger partial charge in [-0.2, -0.15) is 0 Å². The van der Waals surface area contributed by atoms with Crippen LogP contribution in [0.25, 0.3) is 0 Å². The summed E-state index contributed by atoms with van der Waals surface area (Å²) in [7, 11) is 3.54. The quantitative estimate of drug-likeness (QED) is 0.316. The van der Waals surface area contributed by atoms with Gasteiger partial charge in [-0.15, -0.1) is 11.3 Å². The predicted molar refractivity (Wildman–Crippen MR) is 136 cm³/mol. The van der Waals surface area contributed by atoms with E-state index in [1.54, 1.807) is 36.9 Å². The van der Waals surface area contributed by atoms with Crippen LogP contribution in [-0.4, -0.2) is 44.3 Å². The molecule has 1 heterocycles. The van der Waals surface area contributed by atoms with E-state index in [9.17, 15) is 9.18 Å². The molecule has 2 N–H and O–H groups in total. The van der Waals surface area contributed by atoms with Gasteiger partial charge in [-0.1, -0.05) is 19.4 Å². The van der Waals surface area contributed by atoms with Gasteiger partial charge >= 0.3 is 0 Å². The van der Waals surface area contributed by atoms with Crippen molar-refractivity contribution in [1.82, 2.24) is 10.3 Å². The number of halogens is 1. The molecular formula is C26H32FN3O4S. The summed E-state index contributed by atoms with van der Waals surface area (Å²) >= 11 is 1.36. The first-order valence-corrected chi connectivity index (χ1v) is 12.5. The van der Waals surface area contributed by atoms with Crippen LogP contribution in [0.4, 0.5) is 9.52 Å². The number of likely N-dealkylation sites (N-methyl/N-ethyl adjacent to an activating group) is 1. The summed E-state index contributed by atoms with van der Waals surface area (Å²) in [5, 5.41) is 8.32. The Morgan fingerprint density at radius 3 is 2.71 bits per heavy atom. The molecule has 0 spiro atoms. The van der Waals surface area contributed by atoms with Crippen LogP contribution in [0, 0.1) is 5.82 Å². The van der Waals surface area contributed by atoms with Crippen molar-refractivity contribution in [3.8, 4) is 17.2 Å². The summed E-state index contributed by atoms with van der Waals surface area (Å²) in [6, 6.07) is 9.61.